The summed E-state index contributed by atoms with van der Waals surface area (Å²) in [6.45, 7) is 2.07. The molecule has 0 spiro atoms. The molecule has 2 atom stereocenters. The van der Waals surface area contributed by atoms with Crippen molar-refractivity contribution in [2.45, 2.75) is 25.6 Å². The monoisotopic (exact) mass is 433 g/mol. The van der Waals surface area contributed by atoms with Gasteiger partial charge in [-0.15, -0.1) is 0 Å². The third kappa shape index (κ3) is 4.11. The summed E-state index contributed by atoms with van der Waals surface area (Å²) in [5, 5.41) is 7.78. The highest BCUT2D eigenvalue weighted by molar-refractivity contribution is 6.02. The lowest BCUT2D eigenvalue weighted by Crippen LogP contribution is -2.53. The van der Waals surface area contributed by atoms with Gasteiger partial charge >= 0.3 is 0 Å². The van der Waals surface area contributed by atoms with Crippen molar-refractivity contribution >= 4 is 28.3 Å². The Labute approximate surface area is 187 Å². The number of anilines is 1. The highest BCUT2D eigenvalue weighted by Crippen LogP contribution is 2.35. The van der Waals surface area contributed by atoms with Crippen molar-refractivity contribution in [3.63, 3.8) is 0 Å². The fourth-order valence-corrected chi connectivity index (χ4v) is 3.88. The van der Waals surface area contributed by atoms with Crippen molar-refractivity contribution in [1.82, 2.24) is 10.6 Å². The summed E-state index contributed by atoms with van der Waals surface area (Å²) < 4.78 is 11.6. The predicted octanol–water partition coefficient (Wildman–Crippen LogP) is 2.87. The van der Waals surface area contributed by atoms with Crippen LogP contribution in [0.1, 0.15) is 12.5 Å². The minimum atomic E-state index is -0.813. The van der Waals surface area contributed by atoms with Gasteiger partial charge in [0, 0.05) is 5.56 Å². The minimum Gasteiger partial charge on any atom is -0.496 e. The Kier molecular flexibility index (Phi) is 6.28. The van der Waals surface area contributed by atoms with Crippen LogP contribution in [0.25, 0.3) is 10.8 Å². The van der Waals surface area contributed by atoms with Crippen LogP contribution < -0.4 is 25.0 Å². The maximum absolute atomic E-state index is 13.7. The molecule has 3 aromatic rings. The van der Waals surface area contributed by atoms with E-state index in [0.29, 0.717) is 17.2 Å². The van der Waals surface area contributed by atoms with Crippen LogP contribution in [0.2, 0.25) is 0 Å². The van der Waals surface area contributed by atoms with Crippen LogP contribution in [0.15, 0.2) is 60.7 Å². The second-order valence-electron chi connectivity index (χ2n) is 7.74. The third-order valence-electron chi connectivity index (χ3n) is 5.80. The molecule has 0 saturated heterocycles. The zero-order chi connectivity index (χ0) is 22.7. The molecule has 3 aromatic carbocycles. The first-order valence-electron chi connectivity index (χ1n) is 10.6. The van der Waals surface area contributed by atoms with Crippen molar-refractivity contribution in [1.29, 1.82) is 0 Å². The third-order valence-corrected chi connectivity index (χ3v) is 5.80. The van der Waals surface area contributed by atoms with E-state index in [2.05, 4.69) is 10.6 Å². The largest absolute Gasteiger partial charge is 0.496 e. The Balaban J connectivity index is 1.76. The van der Waals surface area contributed by atoms with Crippen LogP contribution in [0.3, 0.4) is 0 Å². The van der Waals surface area contributed by atoms with Gasteiger partial charge in [0.05, 0.1) is 25.4 Å². The van der Waals surface area contributed by atoms with Gasteiger partial charge in [0.15, 0.2) is 0 Å². The molecule has 7 heteroatoms. The van der Waals surface area contributed by atoms with Crippen molar-refractivity contribution in [3.8, 4) is 11.5 Å². The summed E-state index contributed by atoms with van der Waals surface area (Å²) in [6.07, 6.45) is 0. The van der Waals surface area contributed by atoms with Crippen LogP contribution in [0.4, 0.5) is 5.69 Å². The highest BCUT2D eigenvalue weighted by atomic mass is 16.5. The number of para-hydroxylation sites is 2. The van der Waals surface area contributed by atoms with E-state index < -0.39 is 12.1 Å². The van der Waals surface area contributed by atoms with Gasteiger partial charge in [-0.25, -0.2) is 0 Å². The van der Waals surface area contributed by atoms with Gasteiger partial charge in [-0.05, 0) is 42.9 Å². The van der Waals surface area contributed by atoms with E-state index in [4.69, 9.17) is 9.47 Å². The first kappa shape index (κ1) is 21.6. The molecule has 0 bridgehead atoms. The average Bonchev–Trinajstić information content (AvgIpc) is 2.95. The van der Waals surface area contributed by atoms with Crippen LogP contribution >= 0.6 is 0 Å². The molecule has 2 N–H and O–H groups in total. The number of hydrogen-bond acceptors (Lipinski definition) is 5. The number of fused-ring (bicyclic) bond motifs is 2. The molecular weight excluding hydrogens is 406 g/mol. The summed E-state index contributed by atoms with van der Waals surface area (Å²) >= 11 is 0. The zero-order valence-corrected chi connectivity index (χ0v) is 18.4. The minimum absolute atomic E-state index is 0.0567. The zero-order valence-electron chi connectivity index (χ0n) is 18.4. The molecule has 1 aliphatic rings. The molecule has 2 unspecified atom stereocenters. The second kappa shape index (κ2) is 9.28. The fraction of sp³-hybridized carbons (Fsp3) is 0.280. The number of rotatable bonds is 6. The Morgan fingerprint density at radius 2 is 1.91 bits per heavy atom. The summed E-state index contributed by atoms with van der Waals surface area (Å²) in [5.41, 5.74) is 1.55. The molecule has 1 aliphatic heterocycles. The number of benzene rings is 3. The number of nitrogens with one attached hydrogen (secondary N) is 2. The molecule has 2 amide bonds. The lowest BCUT2D eigenvalue weighted by Gasteiger charge is -2.27. The second-order valence-corrected chi connectivity index (χ2v) is 7.74. The van der Waals surface area contributed by atoms with Gasteiger partial charge in [0.2, 0.25) is 5.91 Å². The normalized spacial score (nSPS) is 16.7. The van der Waals surface area contributed by atoms with Crippen molar-refractivity contribution in [2.75, 3.05) is 25.7 Å². The number of carbonyl (C=O) groups excluding carboxylic acids is 2. The van der Waals surface area contributed by atoms with E-state index in [-0.39, 0.29) is 25.0 Å². The molecule has 32 heavy (non-hydrogen) atoms. The number of amides is 2. The Morgan fingerprint density at radius 1 is 1.16 bits per heavy atom. The van der Waals surface area contributed by atoms with Crippen molar-refractivity contribution in [3.05, 3.63) is 66.2 Å². The van der Waals surface area contributed by atoms with Gasteiger partial charge in [0.25, 0.3) is 5.91 Å². The quantitative estimate of drug-likeness (QED) is 0.625. The topological polar surface area (TPSA) is 79.9 Å². The first-order valence-corrected chi connectivity index (χ1v) is 10.6. The van der Waals surface area contributed by atoms with E-state index in [0.717, 1.165) is 16.3 Å². The predicted molar refractivity (Wildman–Crippen MR) is 124 cm³/mol. The standard InChI is InChI=1S/C25H27N3O4/c1-16(26-2)24(29)27-20-15-32-23-11-7-6-10-21(23)28(25(20)30)14-19-18-9-5-4-8-17(18)12-13-22(19)31-3/h4-13,16,20,26H,14-15H2,1-3H3,(H,27,29). The fourth-order valence-electron chi connectivity index (χ4n) is 3.88. The number of likely N-dealkylation sites (N-methyl/N-ethyl adjacent to an activating group) is 1. The van der Waals surface area contributed by atoms with Gasteiger partial charge in [-0.3, -0.25) is 9.59 Å². The van der Waals surface area contributed by atoms with E-state index in [9.17, 15) is 9.59 Å². The van der Waals surface area contributed by atoms with Crippen LogP contribution in [-0.4, -0.2) is 44.7 Å². The van der Waals surface area contributed by atoms with Crippen LogP contribution in [0, 0.1) is 0 Å². The highest BCUT2D eigenvalue weighted by Gasteiger charge is 2.34. The molecule has 7 nitrogen and oxygen atoms in total. The summed E-state index contributed by atoms with van der Waals surface area (Å²) in [7, 11) is 3.32. The SMILES string of the molecule is CNC(C)C(=O)NC1COc2ccccc2N(Cc2c(OC)ccc3ccccc23)C1=O. The molecule has 1 heterocycles. The summed E-state index contributed by atoms with van der Waals surface area (Å²) in [5.74, 6) is 0.798. The van der Waals surface area contributed by atoms with E-state index in [1.807, 2.05) is 60.7 Å². The molecule has 0 saturated carbocycles. The molecule has 0 fully saturated rings. The van der Waals surface area contributed by atoms with Crippen molar-refractivity contribution < 1.29 is 19.1 Å². The number of nitrogens with zero attached hydrogens (tertiary/aromatic N) is 1. The summed E-state index contributed by atoms with van der Waals surface area (Å²) in [4.78, 5) is 27.8. The molecule has 166 valence electrons. The maximum Gasteiger partial charge on any atom is 0.253 e. The summed E-state index contributed by atoms with van der Waals surface area (Å²) in [6, 6.07) is 18.1. The van der Waals surface area contributed by atoms with Crippen molar-refractivity contribution in [2.24, 2.45) is 0 Å². The first-order chi connectivity index (χ1) is 15.5. The molecule has 0 radical (unpaired) electrons. The van der Waals surface area contributed by atoms with Gasteiger partial charge < -0.3 is 25.0 Å². The number of carbonyl (C=O) groups is 2. The Morgan fingerprint density at radius 3 is 2.69 bits per heavy atom. The van der Waals surface area contributed by atoms with Gasteiger partial charge in [-0.1, -0.05) is 42.5 Å². The Hall–Kier alpha value is -3.58. The smallest absolute Gasteiger partial charge is 0.253 e. The van der Waals surface area contributed by atoms with Gasteiger partial charge in [-0.2, -0.15) is 0 Å². The van der Waals surface area contributed by atoms with Gasteiger partial charge in [0.1, 0.15) is 24.1 Å². The molecule has 0 aliphatic carbocycles. The lowest BCUT2D eigenvalue weighted by atomic mass is 10.0. The molecular formula is C25H27N3O4. The number of ether oxygens (including phenoxy) is 2. The number of methoxy groups -OCH3 is 1. The maximum atomic E-state index is 13.7. The number of hydrogen-bond donors (Lipinski definition) is 2. The van der Waals surface area contributed by atoms with Crippen LogP contribution in [0.5, 0.6) is 11.5 Å². The van der Waals surface area contributed by atoms with E-state index in [1.165, 1.54) is 0 Å². The molecule has 4 rings (SSSR count). The molecule has 0 aromatic heterocycles. The average molecular weight is 434 g/mol. The van der Waals surface area contributed by atoms with E-state index >= 15 is 0 Å². The van der Waals surface area contributed by atoms with Crippen LogP contribution in [-0.2, 0) is 16.1 Å². The lowest BCUT2D eigenvalue weighted by molar-refractivity contribution is -0.129. The Bertz CT molecular complexity index is 1150. The van der Waals surface area contributed by atoms with E-state index in [1.54, 1.807) is 26.0 Å².